The average molecular weight is 522 g/mol. The number of ether oxygens (including phenoxy) is 1. The zero-order chi connectivity index (χ0) is 25.5. The van der Waals surface area contributed by atoms with E-state index >= 15 is 0 Å². The molecule has 6 rings (SSSR count). The first-order chi connectivity index (χ1) is 18.0. The van der Waals surface area contributed by atoms with Gasteiger partial charge in [-0.05, 0) is 101 Å². The highest BCUT2D eigenvalue weighted by Crippen LogP contribution is 2.38. The van der Waals surface area contributed by atoms with E-state index in [1.54, 1.807) is 10.9 Å². The summed E-state index contributed by atoms with van der Waals surface area (Å²) >= 11 is 1.51. The third-order valence-corrected chi connectivity index (χ3v) is 10.0. The van der Waals surface area contributed by atoms with Gasteiger partial charge >= 0.3 is 0 Å². The van der Waals surface area contributed by atoms with Gasteiger partial charge in [-0.3, -0.25) is 9.36 Å². The van der Waals surface area contributed by atoms with Gasteiger partial charge in [0.2, 0.25) is 0 Å². The summed E-state index contributed by atoms with van der Waals surface area (Å²) in [6.07, 6.45) is 13.5. The molecule has 3 aliphatic rings. The van der Waals surface area contributed by atoms with Crippen molar-refractivity contribution in [2.75, 3.05) is 7.05 Å². The fourth-order valence-corrected chi connectivity index (χ4v) is 7.27. The number of aliphatic hydroxyl groups is 1. The Morgan fingerprint density at radius 3 is 2.65 bits per heavy atom. The van der Waals surface area contributed by atoms with Gasteiger partial charge in [-0.2, -0.15) is 0 Å². The summed E-state index contributed by atoms with van der Waals surface area (Å²) < 4.78 is 9.04. The van der Waals surface area contributed by atoms with Crippen LogP contribution in [0.5, 0.6) is 5.75 Å². The van der Waals surface area contributed by atoms with Crippen molar-refractivity contribution in [1.29, 1.82) is 0 Å². The highest BCUT2D eigenvalue weighted by Gasteiger charge is 2.39. The SMILES string of the molecule is CCC(O)CCc1cc2ncn(-c3ccc(O[C@H]4C[C@H]5CC[C@@H](C4)N5C)c(CCC4CC4)c3)c(=O)c2s1. The molecular formula is C30H39N3O3S. The van der Waals surface area contributed by atoms with Gasteiger partial charge in [0.05, 0.1) is 17.3 Å². The molecule has 1 saturated carbocycles. The van der Waals surface area contributed by atoms with Gasteiger partial charge in [-0.25, -0.2) is 4.98 Å². The van der Waals surface area contributed by atoms with Gasteiger partial charge in [0.15, 0.2) is 0 Å². The Hall–Kier alpha value is -2.22. The van der Waals surface area contributed by atoms with Crippen LogP contribution in [0, 0.1) is 5.92 Å². The van der Waals surface area contributed by atoms with E-state index in [9.17, 15) is 9.90 Å². The average Bonchev–Trinajstić information content (AvgIpc) is 3.60. The molecule has 1 unspecified atom stereocenters. The second kappa shape index (κ2) is 10.5. The molecule has 6 nitrogen and oxygen atoms in total. The van der Waals surface area contributed by atoms with Crippen LogP contribution in [0.15, 0.2) is 35.4 Å². The van der Waals surface area contributed by atoms with Crippen LogP contribution in [-0.4, -0.2) is 50.9 Å². The second-order valence-corrected chi connectivity index (χ2v) is 12.6. The van der Waals surface area contributed by atoms with Crippen molar-refractivity contribution in [3.8, 4) is 11.4 Å². The van der Waals surface area contributed by atoms with Crippen LogP contribution < -0.4 is 10.3 Å². The predicted octanol–water partition coefficient (Wildman–Crippen LogP) is 5.50. The minimum atomic E-state index is -0.297. The fourth-order valence-electron chi connectivity index (χ4n) is 6.21. The molecule has 2 aliphatic heterocycles. The van der Waals surface area contributed by atoms with Crippen molar-refractivity contribution in [2.45, 2.75) is 102 Å². The van der Waals surface area contributed by atoms with E-state index in [1.165, 1.54) is 49.0 Å². The van der Waals surface area contributed by atoms with E-state index in [2.05, 4.69) is 29.1 Å². The lowest BCUT2D eigenvalue weighted by Crippen LogP contribution is -2.43. The molecule has 0 radical (unpaired) electrons. The van der Waals surface area contributed by atoms with Crippen molar-refractivity contribution >= 4 is 21.6 Å². The Morgan fingerprint density at radius 2 is 1.92 bits per heavy atom. The lowest BCUT2D eigenvalue weighted by molar-refractivity contribution is 0.0655. The first kappa shape index (κ1) is 25.1. The first-order valence-corrected chi connectivity index (χ1v) is 15.0. The monoisotopic (exact) mass is 521 g/mol. The minimum Gasteiger partial charge on any atom is -0.490 e. The predicted molar refractivity (Wildman–Crippen MR) is 149 cm³/mol. The number of piperidine rings is 1. The molecule has 1 aromatic carbocycles. The molecule has 4 atom stereocenters. The second-order valence-electron chi connectivity index (χ2n) is 11.5. The van der Waals surface area contributed by atoms with E-state index in [-0.39, 0.29) is 17.8 Å². The molecule has 2 aromatic heterocycles. The molecule has 3 fully saturated rings. The standard InChI is InChI=1S/C30H39N3O3S/c1-3-24(34)11-12-26-17-27-29(37-26)30(35)33(18-31-27)23-10-13-28(20(14-23)7-6-19-4-5-19)36-25-15-21-8-9-22(16-25)32(21)2/h10,13-14,17-19,21-22,24-25,34H,3-9,11-12,15-16H2,1-2H3/t21-,22+,24?,25+. The summed E-state index contributed by atoms with van der Waals surface area (Å²) in [5.74, 6) is 1.83. The minimum absolute atomic E-state index is 0.0222. The Morgan fingerprint density at radius 1 is 1.14 bits per heavy atom. The van der Waals surface area contributed by atoms with Crippen molar-refractivity contribution in [2.24, 2.45) is 5.92 Å². The number of fused-ring (bicyclic) bond motifs is 3. The van der Waals surface area contributed by atoms with Crippen molar-refractivity contribution in [3.63, 3.8) is 0 Å². The van der Waals surface area contributed by atoms with Crippen LogP contribution in [0.25, 0.3) is 15.9 Å². The smallest absolute Gasteiger partial charge is 0.275 e. The summed E-state index contributed by atoms with van der Waals surface area (Å²) in [6, 6.07) is 9.55. The van der Waals surface area contributed by atoms with Crippen LogP contribution in [0.3, 0.4) is 0 Å². The van der Waals surface area contributed by atoms with Crippen LogP contribution in [0.1, 0.15) is 75.2 Å². The van der Waals surface area contributed by atoms with Crippen LogP contribution in [-0.2, 0) is 12.8 Å². The van der Waals surface area contributed by atoms with E-state index in [1.807, 2.05) is 19.1 Å². The molecule has 1 aliphatic carbocycles. The summed E-state index contributed by atoms with van der Waals surface area (Å²) in [4.78, 5) is 21.8. The maximum Gasteiger partial charge on any atom is 0.275 e. The normalized spacial score (nSPS) is 24.6. The molecule has 0 amide bonds. The van der Waals surface area contributed by atoms with Crippen LogP contribution >= 0.6 is 11.3 Å². The summed E-state index contributed by atoms with van der Waals surface area (Å²) in [5.41, 5.74) is 2.80. The maximum absolute atomic E-state index is 13.5. The van der Waals surface area contributed by atoms with E-state index in [4.69, 9.17) is 4.74 Å². The van der Waals surface area contributed by atoms with Crippen molar-refractivity contribution in [1.82, 2.24) is 14.5 Å². The van der Waals surface area contributed by atoms with E-state index in [0.29, 0.717) is 23.2 Å². The van der Waals surface area contributed by atoms with Gasteiger partial charge in [-0.1, -0.05) is 19.8 Å². The summed E-state index contributed by atoms with van der Waals surface area (Å²) in [7, 11) is 2.27. The number of nitrogens with zero attached hydrogens (tertiary/aromatic N) is 3. The Labute approximate surface area is 223 Å². The van der Waals surface area contributed by atoms with Gasteiger partial charge in [0, 0.05) is 17.0 Å². The first-order valence-electron chi connectivity index (χ1n) is 14.2. The Balaban J connectivity index is 1.26. The number of aliphatic hydroxyl groups excluding tert-OH is 1. The lowest BCUT2D eigenvalue weighted by Gasteiger charge is -2.36. The Bertz CT molecular complexity index is 1300. The number of aryl methyl sites for hydroxylation is 2. The summed E-state index contributed by atoms with van der Waals surface area (Å²) in [6.45, 7) is 1.99. The quantitative estimate of drug-likeness (QED) is 0.382. The highest BCUT2D eigenvalue weighted by molar-refractivity contribution is 7.18. The number of rotatable bonds is 10. The topological polar surface area (TPSA) is 67.6 Å². The molecule has 2 bridgehead atoms. The largest absolute Gasteiger partial charge is 0.490 e. The van der Waals surface area contributed by atoms with Gasteiger partial charge < -0.3 is 14.7 Å². The molecular weight excluding hydrogens is 482 g/mol. The van der Waals surface area contributed by atoms with Crippen molar-refractivity contribution in [3.05, 3.63) is 51.4 Å². The molecule has 4 heterocycles. The number of aromatic nitrogens is 2. The number of hydrogen-bond donors (Lipinski definition) is 1. The van der Waals surface area contributed by atoms with Gasteiger partial charge in [0.25, 0.3) is 5.56 Å². The zero-order valence-electron chi connectivity index (χ0n) is 22.1. The molecule has 198 valence electrons. The van der Waals surface area contributed by atoms with E-state index < -0.39 is 0 Å². The third-order valence-electron chi connectivity index (χ3n) is 8.87. The highest BCUT2D eigenvalue weighted by atomic mass is 32.1. The van der Waals surface area contributed by atoms with Gasteiger partial charge in [0.1, 0.15) is 22.9 Å². The van der Waals surface area contributed by atoms with Crippen LogP contribution in [0.2, 0.25) is 0 Å². The molecule has 3 aromatic rings. The van der Waals surface area contributed by atoms with E-state index in [0.717, 1.165) is 59.9 Å². The van der Waals surface area contributed by atoms with Gasteiger partial charge in [-0.15, -0.1) is 11.3 Å². The molecule has 7 heteroatoms. The fraction of sp³-hybridized carbons (Fsp3) is 0.600. The lowest BCUT2D eigenvalue weighted by atomic mass is 10.00. The number of thiophene rings is 1. The third kappa shape index (κ3) is 5.36. The molecule has 0 spiro atoms. The number of benzene rings is 1. The molecule has 37 heavy (non-hydrogen) atoms. The molecule has 2 saturated heterocycles. The number of hydrogen-bond acceptors (Lipinski definition) is 6. The summed E-state index contributed by atoms with van der Waals surface area (Å²) in [5, 5.41) is 9.93. The zero-order valence-corrected chi connectivity index (χ0v) is 22.9. The Kier molecular flexibility index (Phi) is 7.12. The van der Waals surface area contributed by atoms with Crippen molar-refractivity contribution < 1.29 is 9.84 Å². The maximum atomic E-state index is 13.5. The van der Waals surface area contributed by atoms with Crippen LogP contribution in [0.4, 0.5) is 0 Å². The molecule has 1 N–H and O–H groups in total.